The molecular formula is C18H19BrN2O2. The molecule has 0 heterocycles. The van der Waals surface area contributed by atoms with Crippen LogP contribution in [0.15, 0.2) is 59.1 Å². The Balaban J connectivity index is 2.00. The average Bonchev–Trinajstić information content (AvgIpc) is 2.55. The van der Waals surface area contributed by atoms with Crippen molar-refractivity contribution in [3.8, 4) is 0 Å². The maximum absolute atomic E-state index is 12.4. The molecule has 0 spiro atoms. The van der Waals surface area contributed by atoms with Crippen LogP contribution < -0.4 is 10.6 Å². The Morgan fingerprint density at radius 3 is 2.22 bits per heavy atom. The van der Waals surface area contributed by atoms with Crippen molar-refractivity contribution < 1.29 is 9.59 Å². The van der Waals surface area contributed by atoms with Gasteiger partial charge in [0.2, 0.25) is 11.8 Å². The molecule has 0 aliphatic rings. The fraction of sp³-hybridized carbons (Fsp3) is 0.222. The molecule has 0 aliphatic heterocycles. The van der Waals surface area contributed by atoms with Crippen LogP contribution in [0.25, 0.3) is 0 Å². The topological polar surface area (TPSA) is 58.2 Å². The number of carbonyl (C=O) groups excluding carboxylic acids is 2. The fourth-order valence-electron chi connectivity index (χ4n) is 1.94. The van der Waals surface area contributed by atoms with Crippen molar-refractivity contribution >= 4 is 33.4 Å². The van der Waals surface area contributed by atoms with Crippen LogP contribution in [0.5, 0.6) is 0 Å². The second-order valence-electron chi connectivity index (χ2n) is 5.73. The zero-order valence-electron chi connectivity index (χ0n) is 13.1. The summed E-state index contributed by atoms with van der Waals surface area (Å²) in [6, 6.07) is 16.9. The standard InChI is InChI=1S/C18H19BrN2O2/c1-18(2,16(22)20-12-13-8-4-3-5-9-13)17(23)21-15-11-7-6-10-14(15)19/h3-11H,12H2,1-2H3,(H,20,22)(H,21,23). The first kappa shape index (κ1) is 17.2. The zero-order chi connectivity index (χ0) is 16.9. The number of rotatable bonds is 5. The van der Waals surface area contributed by atoms with E-state index in [4.69, 9.17) is 0 Å². The highest BCUT2D eigenvalue weighted by atomic mass is 79.9. The normalized spacial score (nSPS) is 10.9. The average molecular weight is 375 g/mol. The van der Waals surface area contributed by atoms with Gasteiger partial charge in [-0.1, -0.05) is 42.5 Å². The van der Waals surface area contributed by atoms with Crippen LogP contribution in [0.4, 0.5) is 5.69 Å². The quantitative estimate of drug-likeness (QED) is 0.783. The highest BCUT2D eigenvalue weighted by Crippen LogP contribution is 2.25. The van der Waals surface area contributed by atoms with Crippen molar-refractivity contribution in [1.82, 2.24) is 5.32 Å². The van der Waals surface area contributed by atoms with Gasteiger partial charge in [-0.05, 0) is 47.5 Å². The van der Waals surface area contributed by atoms with Crippen molar-refractivity contribution in [3.05, 3.63) is 64.6 Å². The first-order valence-electron chi connectivity index (χ1n) is 7.29. The highest BCUT2D eigenvalue weighted by molar-refractivity contribution is 9.10. The van der Waals surface area contributed by atoms with E-state index in [1.54, 1.807) is 19.9 Å². The summed E-state index contributed by atoms with van der Waals surface area (Å²) in [6.45, 7) is 3.62. The van der Waals surface area contributed by atoms with Gasteiger partial charge in [0.25, 0.3) is 0 Å². The second-order valence-corrected chi connectivity index (χ2v) is 6.58. The number of benzene rings is 2. The highest BCUT2D eigenvalue weighted by Gasteiger charge is 2.36. The molecule has 2 rings (SSSR count). The summed E-state index contributed by atoms with van der Waals surface area (Å²) in [5.74, 6) is -0.666. The van der Waals surface area contributed by atoms with Crippen LogP contribution in [0, 0.1) is 5.41 Å². The Morgan fingerprint density at radius 2 is 1.57 bits per heavy atom. The van der Waals surface area contributed by atoms with E-state index in [2.05, 4.69) is 26.6 Å². The van der Waals surface area contributed by atoms with E-state index in [1.165, 1.54) is 0 Å². The minimum absolute atomic E-state index is 0.314. The number of para-hydroxylation sites is 1. The Bertz CT molecular complexity index is 699. The molecule has 0 bridgehead atoms. The van der Waals surface area contributed by atoms with Crippen molar-refractivity contribution in [2.75, 3.05) is 5.32 Å². The Labute approximate surface area is 144 Å². The number of anilines is 1. The van der Waals surface area contributed by atoms with Crippen LogP contribution in [0.3, 0.4) is 0 Å². The molecule has 0 aromatic heterocycles. The van der Waals surface area contributed by atoms with Crippen molar-refractivity contribution in [2.24, 2.45) is 5.41 Å². The molecule has 120 valence electrons. The molecule has 2 N–H and O–H groups in total. The van der Waals surface area contributed by atoms with Crippen LogP contribution in [-0.4, -0.2) is 11.8 Å². The molecule has 23 heavy (non-hydrogen) atoms. The largest absolute Gasteiger partial charge is 0.351 e. The summed E-state index contributed by atoms with van der Waals surface area (Å²) in [7, 11) is 0. The molecule has 2 aromatic carbocycles. The van der Waals surface area contributed by atoms with Crippen LogP contribution >= 0.6 is 15.9 Å². The molecule has 0 saturated carbocycles. The van der Waals surface area contributed by atoms with Gasteiger partial charge >= 0.3 is 0 Å². The minimum atomic E-state index is -1.18. The SMILES string of the molecule is CC(C)(C(=O)NCc1ccccc1)C(=O)Nc1ccccc1Br. The van der Waals surface area contributed by atoms with Crippen molar-refractivity contribution in [1.29, 1.82) is 0 Å². The maximum atomic E-state index is 12.4. The smallest absolute Gasteiger partial charge is 0.239 e. The lowest BCUT2D eigenvalue weighted by molar-refractivity contribution is -0.138. The number of hydrogen-bond acceptors (Lipinski definition) is 2. The van der Waals surface area contributed by atoms with Gasteiger partial charge in [0.15, 0.2) is 0 Å². The third kappa shape index (κ3) is 4.42. The first-order valence-corrected chi connectivity index (χ1v) is 8.09. The lowest BCUT2D eigenvalue weighted by Gasteiger charge is -2.23. The number of nitrogens with one attached hydrogen (secondary N) is 2. The number of amides is 2. The van der Waals surface area contributed by atoms with E-state index in [9.17, 15) is 9.59 Å². The summed E-state index contributed by atoms with van der Waals surface area (Å²) in [5.41, 5.74) is 0.452. The van der Waals surface area contributed by atoms with Crippen LogP contribution in [0.1, 0.15) is 19.4 Å². The fourth-order valence-corrected chi connectivity index (χ4v) is 2.33. The molecule has 0 fully saturated rings. The minimum Gasteiger partial charge on any atom is -0.351 e. The summed E-state index contributed by atoms with van der Waals surface area (Å²) in [4.78, 5) is 24.8. The predicted octanol–water partition coefficient (Wildman–Crippen LogP) is 3.73. The molecule has 0 unspecified atom stereocenters. The van der Waals surface area contributed by atoms with Crippen molar-refractivity contribution in [2.45, 2.75) is 20.4 Å². The van der Waals surface area contributed by atoms with E-state index < -0.39 is 5.41 Å². The van der Waals surface area contributed by atoms with Gasteiger partial charge < -0.3 is 10.6 Å². The van der Waals surface area contributed by atoms with Gasteiger partial charge in [-0.3, -0.25) is 9.59 Å². The van der Waals surface area contributed by atoms with E-state index in [1.807, 2.05) is 48.5 Å². The summed E-state index contributed by atoms with van der Waals surface area (Å²) >= 11 is 3.37. The van der Waals surface area contributed by atoms with Gasteiger partial charge in [0.05, 0.1) is 5.69 Å². The molecule has 4 nitrogen and oxygen atoms in total. The lowest BCUT2D eigenvalue weighted by Crippen LogP contribution is -2.44. The van der Waals surface area contributed by atoms with Gasteiger partial charge in [-0.15, -0.1) is 0 Å². The molecule has 2 aromatic rings. The lowest BCUT2D eigenvalue weighted by atomic mass is 9.91. The Hall–Kier alpha value is -2.14. The summed E-state index contributed by atoms with van der Waals surface area (Å²) in [5, 5.41) is 5.59. The van der Waals surface area contributed by atoms with Gasteiger partial charge in [-0.2, -0.15) is 0 Å². The zero-order valence-corrected chi connectivity index (χ0v) is 14.7. The van der Waals surface area contributed by atoms with Crippen LogP contribution in [0.2, 0.25) is 0 Å². The van der Waals surface area contributed by atoms with Gasteiger partial charge in [0, 0.05) is 11.0 Å². The van der Waals surface area contributed by atoms with Gasteiger partial charge in [-0.25, -0.2) is 0 Å². The summed E-state index contributed by atoms with van der Waals surface area (Å²) < 4.78 is 0.772. The maximum Gasteiger partial charge on any atom is 0.239 e. The third-order valence-electron chi connectivity index (χ3n) is 3.55. The monoisotopic (exact) mass is 374 g/mol. The van der Waals surface area contributed by atoms with E-state index >= 15 is 0 Å². The molecule has 2 amide bonds. The molecule has 0 radical (unpaired) electrons. The molecule has 0 saturated heterocycles. The Kier molecular flexibility index (Phi) is 5.55. The predicted molar refractivity (Wildman–Crippen MR) is 94.8 cm³/mol. The number of halogens is 1. The number of hydrogen-bond donors (Lipinski definition) is 2. The first-order chi connectivity index (χ1) is 10.9. The molecular weight excluding hydrogens is 356 g/mol. The van der Waals surface area contributed by atoms with E-state index in [-0.39, 0.29) is 11.8 Å². The molecule has 0 atom stereocenters. The third-order valence-corrected chi connectivity index (χ3v) is 4.24. The van der Waals surface area contributed by atoms with E-state index in [0.29, 0.717) is 12.2 Å². The van der Waals surface area contributed by atoms with Crippen LogP contribution in [-0.2, 0) is 16.1 Å². The van der Waals surface area contributed by atoms with Gasteiger partial charge in [0.1, 0.15) is 5.41 Å². The summed E-state index contributed by atoms with van der Waals surface area (Å²) in [6.07, 6.45) is 0. The van der Waals surface area contributed by atoms with Crippen molar-refractivity contribution in [3.63, 3.8) is 0 Å². The van der Waals surface area contributed by atoms with E-state index in [0.717, 1.165) is 10.0 Å². The second kappa shape index (κ2) is 7.42. The number of carbonyl (C=O) groups is 2. The Morgan fingerprint density at radius 1 is 0.957 bits per heavy atom. The molecule has 0 aliphatic carbocycles. The molecule has 5 heteroatoms.